The summed E-state index contributed by atoms with van der Waals surface area (Å²) in [6.07, 6.45) is 0. The summed E-state index contributed by atoms with van der Waals surface area (Å²) in [6.45, 7) is 4.41. The van der Waals surface area contributed by atoms with Gasteiger partial charge in [-0.2, -0.15) is 0 Å². The molecule has 10 rings (SSSR count). The first-order valence-corrected chi connectivity index (χ1v) is 18.8. The average molecular weight is 735 g/mol. The summed E-state index contributed by atoms with van der Waals surface area (Å²) in [6, 6.07) is 61.4. The Morgan fingerprint density at radius 1 is 0.596 bits per heavy atom. The van der Waals surface area contributed by atoms with Gasteiger partial charge in [0.25, 0.3) is 0 Å². The van der Waals surface area contributed by atoms with Crippen LogP contribution in [0, 0.1) is 0 Å². The molecule has 3 heterocycles. The lowest BCUT2D eigenvalue weighted by molar-refractivity contribution is 0.667. The molecule has 7 heteroatoms. The van der Waals surface area contributed by atoms with E-state index in [0.29, 0.717) is 35.3 Å². The van der Waals surface area contributed by atoms with Gasteiger partial charge < -0.3 is 8.98 Å². The molecule has 3 aromatic heterocycles. The van der Waals surface area contributed by atoms with Gasteiger partial charge in [0, 0.05) is 44.1 Å². The van der Waals surface area contributed by atoms with Crippen LogP contribution in [-0.4, -0.2) is 32.9 Å². The molecular formula is C50H34N6O. The van der Waals surface area contributed by atoms with Crippen LogP contribution in [0.15, 0.2) is 201 Å². The molecule has 0 N–H and O–H groups in total. The van der Waals surface area contributed by atoms with Crippen molar-refractivity contribution in [2.75, 3.05) is 0 Å². The lowest BCUT2D eigenvalue weighted by atomic mass is 10.0. The van der Waals surface area contributed by atoms with E-state index in [1.807, 2.05) is 103 Å². The van der Waals surface area contributed by atoms with Crippen LogP contribution in [0.4, 0.5) is 0 Å². The third-order valence-corrected chi connectivity index (χ3v) is 10.2. The second-order valence-corrected chi connectivity index (χ2v) is 13.7. The number of fused-ring (bicyclic) bond motifs is 6. The van der Waals surface area contributed by atoms with Crippen molar-refractivity contribution in [1.82, 2.24) is 14.5 Å². The molecule has 0 aliphatic rings. The number of hydrogen-bond acceptors (Lipinski definition) is 4. The van der Waals surface area contributed by atoms with Gasteiger partial charge in [0.1, 0.15) is 16.8 Å². The van der Waals surface area contributed by atoms with E-state index in [2.05, 4.69) is 95.1 Å². The van der Waals surface area contributed by atoms with Crippen LogP contribution < -0.4 is 0 Å². The Labute approximate surface area is 328 Å². The Bertz CT molecular complexity index is 3160. The molecule has 0 fully saturated rings. The van der Waals surface area contributed by atoms with Crippen LogP contribution in [-0.2, 0) is 6.54 Å². The highest BCUT2D eigenvalue weighted by molar-refractivity contribution is 6.16. The number of amidine groups is 2. The number of nitrogens with zero attached hydrogens (tertiary/aromatic N) is 6. The van der Waals surface area contributed by atoms with Crippen LogP contribution in [0.25, 0.3) is 72.2 Å². The highest BCUT2D eigenvalue weighted by atomic mass is 16.3. The zero-order valence-electron chi connectivity index (χ0n) is 30.8. The lowest BCUT2D eigenvalue weighted by Gasteiger charge is -2.10. The molecule has 10 aromatic rings. The third-order valence-electron chi connectivity index (χ3n) is 10.2. The first-order chi connectivity index (χ1) is 28.2. The van der Waals surface area contributed by atoms with Gasteiger partial charge in [-0.15, -0.1) is 0 Å². The number of benzene rings is 7. The molecule has 0 unspecified atom stereocenters. The van der Waals surface area contributed by atoms with E-state index in [0.717, 1.165) is 71.8 Å². The fraction of sp³-hybridized carbons (Fsp3) is 0.0200. The van der Waals surface area contributed by atoms with E-state index in [1.165, 1.54) is 0 Å². The van der Waals surface area contributed by atoms with Crippen molar-refractivity contribution in [3.05, 3.63) is 199 Å². The SMILES string of the molecule is C=NC(=NC(=NCc1ccccc1)c1ccccc1)c1cccc(-c2nc(-c3cccc4c3c3ccccc3n4-c3ccccc3)nc3c2oc2ccccc23)c1. The second-order valence-electron chi connectivity index (χ2n) is 13.7. The normalized spacial score (nSPS) is 12.2. The summed E-state index contributed by atoms with van der Waals surface area (Å²) in [5, 5.41) is 3.12. The molecular weight excluding hydrogens is 701 g/mol. The average Bonchev–Trinajstić information content (AvgIpc) is 3.83. The molecule has 0 amide bonds. The van der Waals surface area contributed by atoms with Crippen molar-refractivity contribution in [2.45, 2.75) is 6.54 Å². The third kappa shape index (κ3) is 6.17. The minimum atomic E-state index is 0.445. The first-order valence-electron chi connectivity index (χ1n) is 18.8. The fourth-order valence-corrected chi connectivity index (χ4v) is 7.59. The van der Waals surface area contributed by atoms with Crippen molar-refractivity contribution in [1.29, 1.82) is 0 Å². The van der Waals surface area contributed by atoms with Crippen molar-refractivity contribution >= 4 is 62.3 Å². The molecule has 0 spiro atoms. The maximum absolute atomic E-state index is 6.56. The Morgan fingerprint density at radius 3 is 2.07 bits per heavy atom. The molecule has 0 saturated heterocycles. The minimum Gasteiger partial charge on any atom is -0.452 e. The van der Waals surface area contributed by atoms with E-state index in [9.17, 15) is 0 Å². The van der Waals surface area contributed by atoms with Crippen LogP contribution in [0.3, 0.4) is 0 Å². The molecule has 270 valence electrons. The summed E-state index contributed by atoms with van der Waals surface area (Å²) in [4.78, 5) is 25.0. The second kappa shape index (κ2) is 14.5. The predicted octanol–water partition coefficient (Wildman–Crippen LogP) is 11.9. The molecule has 57 heavy (non-hydrogen) atoms. The van der Waals surface area contributed by atoms with Crippen LogP contribution >= 0.6 is 0 Å². The molecule has 7 aromatic carbocycles. The van der Waals surface area contributed by atoms with E-state index in [4.69, 9.17) is 24.4 Å². The highest BCUT2D eigenvalue weighted by Crippen LogP contribution is 2.40. The first kappa shape index (κ1) is 33.8. The predicted molar refractivity (Wildman–Crippen MR) is 234 cm³/mol. The quantitative estimate of drug-likeness (QED) is 0.121. The number of aliphatic imine (C=N–C) groups is 3. The summed E-state index contributed by atoms with van der Waals surface area (Å²) < 4.78 is 8.86. The smallest absolute Gasteiger partial charge is 0.180 e. The van der Waals surface area contributed by atoms with Crippen molar-refractivity contribution in [3.8, 4) is 28.3 Å². The van der Waals surface area contributed by atoms with Gasteiger partial charge in [-0.05, 0) is 54.7 Å². The molecule has 0 bridgehead atoms. The zero-order chi connectivity index (χ0) is 38.1. The number of para-hydroxylation sites is 3. The Kier molecular flexibility index (Phi) is 8.57. The van der Waals surface area contributed by atoms with Crippen molar-refractivity contribution in [3.63, 3.8) is 0 Å². The highest BCUT2D eigenvalue weighted by Gasteiger charge is 2.22. The fourth-order valence-electron chi connectivity index (χ4n) is 7.59. The van der Waals surface area contributed by atoms with Gasteiger partial charge in [0.05, 0.1) is 17.6 Å². The van der Waals surface area contributed by atoms with Crippen molar-refractivity contribution in [2.24, 2.45) is 15.0 Å². The molecule has 0 aliphatic heterocycles. The summed E-state index contributed by atoms with van der Waals surface area (Å²) in [5.74, 6) is 1.62. The molecule has 0 aliphatic carbocycles. The largest absolute Gasteiger partial charge is 0.452 e. The summed E-state index contributed by atoms with van der Waals surface area (Å²) in [5.41, 5.74) is 10.5. The number of furan rings is 1. The number of aromatic nitrogens is 3. The van der Waals surface area contributed by atoms with Gasteiger partial charge in [-0.3, -0.25) is 4.99 Å². The summed E-state index contributed by atoms with van der Waals surface area (Å²) in [7, 11) is 0. The van der Waals surface area contributed by atoms with Gasteiger partial charge in [0.15, 0.2) is 23.1 Å². The number of rotatable bonds is 7. The van der Waals surface area contributed by atoms with E-state index >= 15 is 0 Å². The van der Waals surface area contributed by atoms with Gasteiger partial charge >= 0.3 is 0 Å². The molecule has 0 atom stereocenters. The minimum absolute atomic E-state index is 0.445. The van der Waals surface area contributed by atoms with E-state index in [1.54, 1.807) is 0 Å². The Morgan fingerprint density at radius 2 is 1.26 bits per heavy atom. The van der Waals surface area contributed by atoms with Crippen molar-refractivity contribution < 1.29 is 4.42 Å². The van der Waals surface area contributed by atoms with Crippen LogP contribution in [0.1, 0.15) is 16.7 Å². The van der Waals surface area contributed by atoms with Gasteiger partial charge in [-0.1, -0.05) is 140 Å². The maximum Gasteiger partial charge on any atom is 0.180 e. The summed E-state index contributed by atoms with van der Waals surface area (Å²) >= 11 is 0. The number of hydrogen-bond donors (Lipinski definition) is 0. The van der Waals surface area contributed by atoms with Crippen LogP contribution in [0.2, 0.25) is 0 Å². The van der Waals surface area contributed by atoms with E-state index in [-0.39, 0.29) is 0 Å². The Hall–Kier alpha value is -7.77. The van der Waals surface area contributed by atoms with E-state index < -0.39 is 0 Å². The van der Waals surface area contributed by atoms with Gasteiger partial charge in [0.2, 0.25) is 0 Å². The maximum atomic E-state index is 6.56. The molecule has 0 saturated carbocycles. The monoisotopic (exact) mass is 734 g/mol. The van der Waals surface area contributed by atoms with Gasteiger partial charge in [-0.25, -0.2) is 20.0 Å². The topological polar surface area (TPSA) is 80.9 Å². The van der Waals surface area contributed by atoms with Crippen LogP contribution in [0.5, 0.6) is 0 Å². The standard InChI is InChI=1S/C50H34N6O/c1-51-48(55-49(34-19-7-3-8-20-34)52-32-33-17-5-2-6-18-33)36-22-15-21-35(31-36)45-47-46(39-26-12-14-30-43(39)57-47)54-50(53-45)40-27-16-29-42-44(40)38-25-11-13-28-41(38)56(42)37-23-9-4-10-24-37/h2-31H,1,32H2. The zero-order valence-corrected chi connectivity index (χ0v) is 30.8. The molecule has 7 nitrogen and oxygen atoms in total. The molecule has 0 radical (unpaired) electrons. The Balaban J connectivity index is 1.16. The lowest BCUT2D eigenvalue weighted by Crippen LogP contribution is -2.06.